The highest BCUT2D eigenvalue weighted by molar-refractivity contribution is 5.98. The number of nitrogen functional groups attached to an aromatic ring is 1. The highest BCUT2D eigenvalue weighted by Crippen LogP contribution is 2.30. The fourth-order valence-electron chi connectivity index (χ4n) is 3.80. The van der Waals surface area contributed by atoms with Crippen LogP contribution in [-0.2, 0) is 6.42 Å². The molecule has 8 heteroatoms. The minimum atomic E-state index is -0.598. The topological polar surface area (TPSA) is 111 Å². The highest BCUT2D eigenvalue weighted by Gasteiger charge is 2.25. The Morgan fingerprint density at radius 3 is 2.60 bits per heavy atom. The van der Waals surface area contributed by atoms with Gasteiger partial charge in [0.1, 0.15) is 11.4 Å². The average molecular weight is 412 g/mol. The van der Waals surface area contributed by atoms with E-state index in [1.54, 1.807) is 0 Å². The molecule has 0 aromatic heterocycles. The van der Waals surface area contributed by atoms with Crippen LogP contribution in [0.1, 0.15) is 35.2 Å². The molecule has 0 aliphatic carbocycles. The number of nitrogens with zero attached hydrogens (tertiary/aromatic N) is 2. The molecule has 1 saturated heterocycles. The van der Waals surface area contributed by atoms with Crippen molar-refractivity contribution in [2.75, 3.05) is 32.5 Å². The van der Waals surface area contributed by atoms with E-state index in [1.807, 2.05) is 6.07 Å². The van der Waals surface area contributed by atoms with Crippen molar-refractivity contribution in [3.63, 3.8) is 0 Å². The van der Waals surface area contributed by atoms with Crippen molar-refractivity contribution in [3.8, 4) is 5.75 Å². The van der Waals surface area contributed by atoms with Crippen LogP contribution < -0.4 is 15.8 Å². The standard InChI is InChI=1S/C22H28N4O4/c1-30-21-15-19(23)20(26(28)29)14-18(21)22(27)24-17-9-12-25(13-10-17)11-5-8-16-6-3-2-4-7-16/h2-4,6-7,14-15,17H,5,8-13,23H2,1H3,(H,24,27). The van der Waals surface area contributed by atoms with Crippen molar-refractivity contribution >= 4 is 17.3 Å². The summed E-state index contributed by atoms with van der Waals surface area (Å²) in [5.41, 5.74) is 6.84. The van der Waals surface area contributed by atoms with Crippen molar-refractivity contribution in [1.82, 2.24) is 10.2 Å². The Morgan fingerprint density at radius 1 is 1.27 bits per heavy atom. The summed E-state index contributed by atoms with van der Waals surface area (Å²) < 4.78 is 5.20. The summed E-state index contributed by atoms with van der Waals surface area (Å²) >= 11 is 0. The molecule has 1 aliphatic heterocycles. The molecular formula is C22H28N4O4. The zero-order chi connectivity index (χ0) is 21.5. The number of benzene rings is 2. The average Bonchev–Trinajstić information content (AvgIpc) is 2.75. The molecular weight excluding hydrogens is 384 g/mol. The minimum Gasteiger partial charge on any atom is -0.496 e. The summed E-state index contributed by atoms with van der Waals surface area (Å²) in [6.07, 6.45) is 3.85. The second kappa shape index (κ2) is 10.1. The molecule has 1 aliphatic rings. The van der Waals surface area contributed by atoms with Crippen LogP contribution in [0, 0.1) is 10.1 Å². The number of methoxy groups -OCH3 is 1. The summed E-state index contributed by atoms with van der Waals surface area (Å²) in [6.45, 7) is 2.87. The number of rotatable bonds is 8. The second-order valence-electron chi connectivity index (χ2n) is 7.55. The third-order valence-electron chi connectivity index (χ3n) is 5.50. The van der Waals surface area contributed by atoms with E-state index in [0.29, 0.717) is 0 Å². The fraction of sp³-hybridized carbons (Fsp3) is 0.409. The molecule has 0 unspecified atom stereocenters. The molecule has 1 amide bonds. The molecule has 0 atom stereocenters. The van der Waals surface area contributed by atoms with Gasteiger partial charge in [0.2, 0.25) is 0 Å². The maximum atomic E-state index is 12.7. The van der Waals surface area contributed by atoms with Gasteiger partial charge >= 0.3 is 0 Å². The van der Waals surface area contributed by atoms with Crippen LogP contribution in [0.5, 0.6) is 5.75 Å². The molecule has 0 bridgehead atoms. The first kappa shape index (κ1) is 21.6. The van der Waals surface area contributed by atoms with E-state index in [4.69, 9.17) is 10.5 Å². The van der Waals surface area contributed by atoms with Crippen LogP contribution in [0.3, 0.4) is 0 Å². The van der Waals surface area contributed by atoms with Crippen LogP contribution in [0.15, 0.2) is 42.5 Å². The first-order valence-electron chi connectivity index (χ1n) is 10.2. The summed E-state index contributed by atoms with van der Waals surface area (Å²) in [5, 5.41) is 14.1. The van der Waals surface area contributed by atoms with E-state index in [2.05, 4.69) is 34.5 Å². The summed E-state index contributed by atoms with van der Waals surface area (Å²) in [7, 11) is 1.41. The van der Waals surface area contributed by atoms with Crippen LogP contribution in [0.4, 0.5) is 11.4 Å². The van der Waals surface area contributed by atoms with Crippen molar-refractivity contribution in [2.24, 2.45) is 0 Å². The number of nitro benzene ring substituents is 1. The van der Waals surface area contributed by atoms with Crippen molar-refractivity contribution in [2.45, 2.75) is 31.7 Å². The molecule has 1 heterocycles. The number of hydrogen-bond donors (Lipinski definition) is 2. The van der Waals surface area contributed by atoms with E-state index in [-0.39, 0.29) is 34.6 Å². The molecule has 0 radical (unpaired) electrons. The number of nitrogens with one attached hydrogen (secondary N) is 1. The van der Waals surface area contributed by atoms with Crippen molar-refractivity contribution in [3.05, 3.63) is 63.7 Å². The summed E-state index contributed by atoms with van der Waals surface area (Å²) in [4.78, 5) is 25.7. The quantitative estimate of drug-likeness (QED) is 0.392. The van der Waals surface area contributed by atoms with Gasteiger partial charge in [-0.05, 0) is 37.8 Å². The summed E-state index contributed by atoms with van der Waals surface area (Å²) in [6, 6.07) is 13.0. The largest absolute Gasteiger partial charge is 0.496 e. The molecule has 30 heavy (non-hydrogen) atoms. The Balaban J connectivity index is 1.50. The Morgan fingerprint density at radius 2 is 1.97 bits per heavy atom. The van der Waals surface area contributed by atoms with Gasteiger partial charge in [-0.15, -0.1) is 0 Å². The molecule has 1 fully saturated rings. The molecule has 3 N–H and O–H groups in total. The number of nitrogens with two attached hydrogens (primary N) is 1. The summed E-state index contributed by atoms with van der Waals surface area (Å²) in [5.74, 6) is -0.147. The van der Waals surface area contributed by atoms with Crippen LogP contribution in [0.2, 0.25) is 0 Å². The Bertz CT molecular complexity index is 880. The van der Waals surface area contributed by atoms with Crippen molar-refractivity contribution in [1.29, 1.82) is 0 Å². The van der Waals surface area contributed by atoms with Gasteiger partial charge in [-0.2, -0.15) is 0 Å². The monoisotopic (exact) mass is 412 g/mol. The first-order valence-corrected chi connectivity index (χ1v) is 10.2. The van der Waals surface area contributed by atoms with E-state index >= 15 is 0 Å². The highest BCUT2D eigenvalue weighted by atomic mass is 16.6. The van der Waals surface area contributed by atoms with Gasteiger partial charge in [-0.1, -0.05) is 30.3 Å². The SMILES string of the molecule is COc1cc(N)c([N+](=O)[O-])cc1C(=O)NC1CCN(CCCc2ccccc2)CC1. The number of carbonyl (C=O) groups is 1. The van der Waals surface area contributed by atoms with Crippen LogP contribution in [0.25, 0.3) is 0 Å². The predicted molar refractivity (Wildman–Crippen MR) is 116 cm³/mol. The fourth-order valence-corrected chi connectivity index (χ4v) is 3.80. The number of hydrogen-bond acceptors (Lipinski definition) is 6. The minimum absolute atomic E-state index is 0.0304. The lowest BCUT2D eigenvalue weighted by Crippen LogP contribution is -2.45. The maximum Gasteiger partial charge on any atom is 0.293 e. The van der Waals surface area contributed by atoms with Gasteiger partial charge in [0.15, 0.2) is 0 Å². The number of amides is 1. The number of anilines is 1. The lowest BCUT2D eigenvalue weighted by molar-refractivity contribution is -0.383. The second-order valence-corrected chi connectivity index (χ2v) is 7.55. The number of ether oxygens (including phenoxy) is 1. The zero-order valence-corrected chi connectivity index (χ0v) is 17.2. The normalized spacial score (nSPS) is 15.0. The molecule has 2 aromatic rings. The molecule has 3 rings (SSSR count). The Kier molecular flexibility index (Phi) is 7.24. The van der Waals surface area contributed by atoms with Gasteiger partial charge in [0.25, 0.3) is 11.6 Å². The van der Waals surface area contributed by atoms with E-state index in [9.17, 15) is 14.9 Å². The number of carbonyl (C=O) groups excluding carboxylic acids is 1. The molecule has 160 valence electrons. The van der Waals surface area contributed by atoms with Crippen LogP contribution >= 0.6 is 0 Å². The van der Waals surface area contributed by atoms with E-state index < -0.39 is 4.92 Å². The van der Waals surface area contributed by atoms with Crippen LogP contribution in [-0.4, -0.2) is 48.5 Å². The number of aryl methyl sites for hydroxylation is 1. The lowest BCUT2D eigenvalue weighted by atomic mass is 10.0. The van der Waals surface area contributed by atoms with Gasteiger partial charge in [-0.25, -0.2) is 0 Å². The molecule has 0 saturated carbocycles. The van der Waals surface area contributed by atoms with Gasteiger partial charge in [0, 0.05) is 31.3 Å². The van der Waals surface area contributed by atoms with Gasteiger partial charge in [0.05, 0.1) is 17.6 Å². The molecule has 8 nitrogen and oxygen atoms in total. The molecule has 2 aromatic carbocycles. The third-order valence-corrected chi connectivity index (χ3v) is 5.50. The zero-order valence-electron chi connectivity index (χ0n) is 17.2. The first-order chi connectivity index (χ1) is 14.5. The number of likely N-dealkylation sites (tertiary alicyclic amines) is 1. The Labute approximate surface area is 176 Å². The lowest BCUT2D eigenvalue weighted by Gasteiger charge is -2.32. The predicted octanol–water partition coefficient (Wildman–Crippen LogP) is 3.01. The maximum absolute atomic E-state index is 12.7. The van der Waals surface area contributed by atoms with E-state index in [0.717, 1.165) is 45.3 Å². The smallest absolute Gasteiger partial charge is 0.293 e. The number of piperidine rings is 1. The Hall–Kier alpha value is -3.13. The van der Waals surface area contributed by atoms with E-state index in [1.165, 1.54) is 24.8 Å². The third kappa shape index (κ3) is 5.48. The van der Waals surface area contributed by atoms with Gasteiger partial charge < -0.3 is 20.7 Å². The number of nitro groups is 1. The van der Waals surface area contributed by atoms with Crippen molar-refractivity contribution < 1.29 is 14.5 Å². The van der Waals surface area contributed by atoms with Gasteiger partial charge in [-0.3, -0.25) is 14.9 Å². The molecule has 0 spiro atoms.